The molecule has 29 heavy (non-hydrogen) atoms. The molecule has 1 saturated heterocycles. The quantitative estimate of drug-likeness (QED) is 0.660. The summed E-state index contributed by atoms with van der Waals surface area (Å²) in [6.45, 7) is 1.78. The van der Waals surface area contributed by atoms with E-state index >= 15 is 0 Å². The normalized spacial score (nSPS) is 16.7. The number of amides is 1. The highest BCUT2D eigenvalue weighted by Crippen LogP contribution is 2.23. The van der Waals surface area contributed by atoms with Gasteiger partial charge in [0.05, 0.1) is 11.6 Å². The van der Waals surface area contributed by atoms with Crippen LogP contribution in [0.5, 0.6) is 0 Å². The molecular formula is C25H27N3O. The van der Waals surface area contributed by atoms with Gasteiger partial charge in [-0.05, 0) is 61.3 Å². The lowest BCUT2D eigenvalue weighted by Gasteiger charge is -2.33. The minimum Gasteiger partial charge on any atom is -0.361 e. The molecule has 0 radical (unpaired) electrons. The summed E-state index contributed by atoms with van der Waals surface area (Å²) >= 11 is 0. The average molecular weight is 386 g/mol. The van der Waals surface area contributed by atoms with Crippen LogP contribution in [0.25, 0.3) is 10.9 Å². The molecule has 2 heterocycles. The zero-order valence-electron chi connectivity index (χ0n) is 16.7. The number of piperidine rings is 1. The predicted molar refractivity (Wildman–Crippen MR) is 115 cm³/mol. The number of nitrogens with one attached hydrogen (secondary N) is 1. The van der Waals surface area contributed by atoms with E-state index in [1.807, 2.05) is 24.4 Å². The first-order chi connectivity index (χ1) is 14.2. The number of hydrogen-bond acceptors (Lipinski definition) is 2. The second kappa shape index (κ2) is 8.96. The molecular weight excluding hydrogens is 358 g/mol. The highest BCUT2D eigenvalue weighted by molar-refractivity contribution is 5.84. The van der Waals surface area contributed by atoms with Crippen LogP contribution in [0.15, 0.2) is 54.7 Å². The number of aromatic amines is 1. The number of likely N-dealkylation sites (tertiary alicyclic amines) is 1. The Bertz CT molecular complexity index is 1020. The summed E-state index contributed by atoms with van der Waals surface area (Å²) in [7, 11) is 0. The van der Waals surface area contributed by atoms with Crippen LogP contribution < -0.4 is 0 Å². The summed E-state index contributed by atoms with van der Waals surface area (Å²) in [5.41, 5.74) is 4.24. The molecule has 1 aliphatic rings. The molecule has 1 amide bonds. The van der Waals surface area contributed by atoms with Gasteiger partial charge in [-0.25, -0.2) is 0 Å². The lowest BCUT2D eigenvalue weighted by atomic mass is 9.91. The number of nitrogens with zero attached hydrogens (tertiary/aromatic N) is 2. The molecule has 1 aromatic heterocycles. The van der Waals surface area contributed by atoms with Gasteiger partial charge in [0.2, 0.25) is 5.91 Å². The van der Waals surface area contributed by atoms with Crippen molar-refractivity contribution in [2.24, 2.45) is 5.92 Å². The van der Waals surface area contributed by atoms with Gasteiger partial charge in [0.25, 0.3) is 0 Å². The Morgan fingerprint density at radius 1 is 1.21 bits per heavy atom. The van der Waals surface area contributed by atoms with Gasteiger partial charge in [-0.15, -0.1) is 0 Å². The van der Waals surface area contributed by atoms with Crippen molar-refractivity contribution >= 4 is 16.8 Å². The average Bonchev–Trinajstić information content (AvgIpc) is 3.16. The van der Waals surface area contributed by atoms with Gasteiger partial charge in [-0.1, -0.05) is 36.4 Å². The molecule has 1 unspecified atom stereocenters. The smallest absolute Gasteiger partial charge is 0.222 e. The van der Waals surface area contributed by atoms with Gasteiger partial charge >= 0.3 is 0 Å². The Labute approximate surface area is 172 Å². The number of hydrogen-bond donors (Lipinski definition) is 1. The minimum absolute atomic E-state index is 0.286. The van der Waals surface area contributed by atoms with Gasteiger partial charge in [0.15, 0.2) is 0 Å². The Hall–Kier alpha value is -3.06. The number of rotatable bonds is 6. The van der Waals surface area contributed by atoms with E-state index in [0.29, 0.717) is 17.9 Å². The van der Waals surface area contributed by atoms with E-state index in [1.165, 1.54) is 17.5 Å². The summed E-state index contributed by atoms with van der Waals surface area (Å²) in [5, 5.41) is 10.2. The Balaban J connectivity index is 1.29. The molecule has 2 aromatic carbocycles. The van der Waals surface area contributed by atoms with Crippen molar-refractivity contribution in [2.75, 3.05) is 13.1 Å². The van der Waals surface area contributed by atoms with E-state index in [-0.39, 0.29) is 5.91 Å². The molecule has 1 aliphatic heterocycles. The lowest BCUT2D eigenvalue weighted by molar-refractivity contribution is -0.133. The van der Waals surface area contributed by atoms with Crippen LogP contribution >= 0.6 is 0 Å². The first kappa shape index (κ1) is 19.3. The minimum atomic E-state index is 0.286. The highest BCUT2D eigenvalue weighted by atomic mass is 16.2. The Morgan fingerprint density at radius 3 is 2.90 bits per heavy atom. The number of aryl methyl sites for hydroxylation is 1. The number of aromatic nitrogens is 1. The third kappa shape index (κ3) is 4.68. The van der Waals surface area contributed by atoms with Crippen LogP contribution in [0.2, 0.25) is 0 Å². The largest absolute Gasteiger partial charge is 0.361 e. The molecule has 1 fully saturated rings. The zero-order chi connectivity index (χ0) is 20.1. The van der Waals surface area contributed by atoms with Crippen molar-refractivity contribution in [1.29, 1.82) is 5.26 Å². The third-order valence-electron chi connectivity index (χ3n) is 5.97. The zero-order valence-corrected chi connectivity index (χ0v) is 16.7. The molecule has 4 rings (SSSR count). The second-order valence-electron chi connectivity index (χ2n) is 8.08. The fraction of sp³-hybridized carbons (Fsp3) is 0.360. The van der Waals surface area contributed by atoms with Crippen molar-refractivity contribution in [3.8, 4) is 6.07 Å². The molecule has 3 aromatic rings. The van der Waals surface area contributed by atoms with Crippen molar-refractivity contribution in [3.63, 3.8) is 0 Å². The number of nitriles is 1. The lowest BCUT2D eigenvalue weighted by Crippen LogP contribution is -2.40. The van der Waals surface area contributed by atoms with Gasteiger partial charge in [0.1, 0.15) is 0 Å². The number of carbonyl (C=O) groups is 1. The molecule has 0 spiro atoms. The maximum absolute atomic E-state index is 12.8. The van der Waals surface area contributed by atoms with Gasteiger partial charge in [0, 0.05) is 36.6 Å². The summed E-state index contributed by atoms with van der Waals surface area (Å²) < 4.78 is 0. The Morgan fingerprint density at radius 2 is 2.07 bits per heavy atom. The first-order valence-electron chi connectivity index (χ1n) is 10.5. The van der Waals surface area contributed by atoms with Crippen molar-refractivity contribution in [1.82, 2.24) is 9.88 Å². The molecule has 0 aliphatic carbocycles. The van der Waals surface area contributed by atoms with E-state index in [0.717, 1.165) is 49.7 Å². The molecule has 0 bridgehead atoms. The number of benzene rings is 2. The van der Waals surface area contributed by atoms with E-state index in [1.54, 1.807) is 0 Å². The number of H-pyrrole nitrogens is 1. The molecule has 148 valence electrons. The summed E-state index contributed by atoms with van der Waals surface area (Å²) in [6.07, 6.45) is 7.70. The van der Waals surface area contributed by atoms with Crippen molar-refractivity contribution < 1.29 is 4.79 Å². The summed E-state index contributed by atoms with van der Waals surface area (Å²) in [5.74, 6) is 0.854. The van der Waals surface area contributed by atoms with E-state index in [2.05, 4.69) is 46.3 Å². The molecule has 4 nitrogen and oxygen atoms in total. The van der Waals surface area contributed by atoms with Crippen LogP contribution in [0.4, 0.5) is 0 Å². The van der Waals surface area contributed by atoms with E-state index < -0.39 is 0 Å². The molecule has 1 N–H and O–H groups in total. The van der Waals surface area contributed by atoms with Gasteiger partial charge < -0.3 is 9.88 Å². The summed E-state index contributed by atoms with van der Waals surface area (Å²) in [4.78, 5) is 18.1. The van der Waals surface area contributed by atoms with Crippen LogP contribution in [0, 0.1) is 17.2 Å². The maximum Gasteiger partial charge on any atom is 0.222 e. The number of fused-ring (bicyclic) bond motifs is 1. The van der Waals surface area contributed by atoms with Crippen LogP contribution in [0.3, 0.4) is 0 Å². The predicted octanol–water partition coefficient (Wildman–Crippen LogP) is 4.84. The van der Waals surface area contributed by atoms with Gasteiger partial charge in [-0.2, -0.15) is 5.26 Å². The molecule has 4 heteroatoms. The molecule has 1 atom stereocenters. The van der Waals surface area contributed by atoms with Crippen LogP contribution in [-0.2, 0) is 17.6 Å². The second-order valence-corrected chi connectivity index (χ2v) is 8.08. The standard InChI is InChI=1S/C25H27N3O/c26-16-20-11-12-23-22(17-27-24(23)15-20)9-4-10-25(29)28-13-5-8-21(18-28)14-19-6-2-1-3-7-19/h1-3,6-7,11-12,15,17,21,27H,4-5,8-10,13-14,18H2. The molecule has 0 saturated carbocycles. The van der Waals surface area contributed by atoms with Crippen LogP contribution in [0.1, 0.15) is 42.4 Å². The van der Waals surface area contributed by atoms with Gasteiger partial charge in [-0.3, -0.25) is 4.79 Å². The summed E-state index contributed by atoms with van der Waals surface area (Å²) in [6, 6.07) is 18.5. The Kier molecular flexibility index (Phi) is 5.95. The highest BCUT2D eigenvalue weighted by Gasteiger charge is 2.23. The first-order valence-corrected chi connectivity index (χ1v) is 10.5. The van der Waals surface area contributed by atoms with Crippen molar-refractivity contribution in [2.45, 2.75) is 38.5 Å². The fourth-order valence-corrected chi connectivity index (χ4v) is 4.46. The fourth-order valence-electron chi connectivity index (χ4n) is 4.46. The van der Waals surface area contributed by atoms with Crippen molar-refractivity contribution in [3.05, 3.63) is 71.4 Å². The topological polar surface area (TPSA) is 59.9 Å². The third-order valence-corrected chi connectivity index (χ3v) is 5.97. The SMILES string of the molecule is N#Cc1ccc2c(CCCC(=O)N3CCCC(Cc4ccccc4)C3)c[nH]c2c1. The van der Waals surface area contributed by atoms with E-state index in [4.69, 9.17) is 5.26 Å². The van der Waals surface area contributed by atoms with Crippen LogP contribution in [-0.4, -0.2) is 28.9 Å². The number of carbonyl (C=O) groups excluding carboxylic acids is 1. The van der Waals surface area contributed by atoms with E-state index in [9.17, 15) is 4.79 Å². The maximum atomic E-state index is 12.8. The monoisotopic (exact) mass is 385 g/mol.